The summed E-state index contributed by atoms with van der Waals surface area (Å²) in [7, 11) is 1.91. The molecule has 138 valence electrons. The molecular weight excluding hydrogens is 347 g/mol. The van der Waals surface area contributed by atoms with Gasteiger partial charge in [-0.25, -0.2) is 14.4 Å². The molecule has 0 spiro atoms. The highest BCUT2D eigenvalue weighted by molar-refractivity contribution is 5.92. The molecule has 1 aromatic carbocycles. The average molecular weight is 366 g/mol. The topological polar surface area (TPSA) is 90.2 Å². The number of aromatic nitrogens is 6. The first kappa shape index (κ1) is 16.0. The molecule has 0 bridgehead atoms. The first-order valence-electron chi connectivity index (χ1n) is 8.94. The van der Waals surface area contributed by atoms with Gasteiger partial charge < -0.3 is 10.6 Å². The molecule has 1 fully saturated rings. The first-order chi connectivity index (χ1) is 13.1. The van der Waals surface area contributed by atoms with Crippen LogP contribution in [0, 0.1) is 5.82 Å². The molecule has 4 heterocycles. The predicted molar refractivity (Wildman–Crippen MR) is 100 cm³/mol. The van der Waals surface area contributed by atoms with Crippen molar-refractivity contribution in [2.75, 3.05) is 23.7 Å². The van der Waals surface area contributed by atoms with E-state index in [9.17, 15) is 4.39 Å². The van der Waals surface area contributed by atoms with Crippen molar-refractivity contribution >= 4 is 28.2 Å². The Morgan fingerprint density at radius 2 is 2.15 bits per heavy atom. The highest BCUT2D eigenvalue weighted by atomic mass is 19.1. The van der Waals surface area contributed by atoms with Gasteiger partial charge in [-0.3, -0.25) is 4.68 Å². The maximum absolute atomic E-state index is 14.1. The monoisotopic (exact) mass is 366 g/mol. The van der Waals surface area contributed by atoms with Gasteiger partial charge in [0.25, 0.3) is 0 Å². The Bertz CT molecular complexity index is 1150. The predicted octanol–water partition coefficient (Wildman–Crippen LogP) is 2.12. The van der Waals surface area contributed by atoms with E-state index in [2.05, 4.69) is 20.1 Å². The quantitative estimate of drug-likeness (QED) is 0.584. The summed E-state index contributed by atoms with van der Waals surface area (Å²) in [6.45, 7) is 1.79. The molecule has 1 atom stereocenters. The van der Waals surface area contributed by atoms with Crippen molar-refractivity contribution in [3.05, 3.63) is 42.2 Å². The zero-order chi connectivity index (χ0) is 18.5. The standard InChI is InChI=1S/C18H19FN8/c1-25-10-12(8-21-25)26-7-3-4-11(9-26)16-23-17-13-5-2-6-14(19)15(13)22-18(20)27(17)24-16/h2,5-6,8,10-11H,3-4,7,9H2,1H3,(H2,20,22)/t11-/m0/s1. The van der Waals surface area contributed by atoms with Crippen molar-refractivity contribution in [2.24, 2.45) is 7.05 Å². The minimum atomic E-state index is -0.410. The lowest BCUT2D eigenvalue weighted by atomic mass is 9.97. The molecular formula is C18H19FN8. The van der Waals surface area contributed by atoms with Crippen LogP contribution in [0.2, 0.25) is 0 Å². The zero-order valence-electron chi connectivity index (χ0n) is 14.9. The number of piperidine rings is 1. The third-order valence-corrected chi connectivity index (χ3v) is 5.14. The molecule has 0 amide bonds. The van der Waals surface area contributed by atoms with Gasteiger partial charge >= 0.3 is 0 Å². The number of para-hydroxylation sites is 1. The number of hydrogen-bond acceptors (Lipinski definition) is 6. The maximum atomic E-state index is 14.1. The van der Waals surface area contributed by atoms with Crippen LogP contribution in [0.4, 0.5) is 16.0 Å². The number of halogens is 1. The number of aryl methyl sites for hydroxylation is 1. The summed E-state index contributed by atoms with van der Waals surface area (Å²) >= 11 is 0. The molecule has 1 saturated heterocycles. The van der Waals surface area contributed by atoms with Gasteiger partial charge in [0, 0.05) is 37.6 Å². The van der Waals surface area contributed by atoms with Crippen LogP contribution >= 0.6 is 0 Å². The number of fused-ring (bicyclic) bond motifs is 3. The molecule has 8 nitrogen and oxygen atoms in total. The van der Waals surface area contributed by atoms with Crippen molar-refractivity contribution in [3.63, 3.8) is 0 Å². The summed E-state index contributed by atoms with van der Waals surface area (Å²) < 4.78 is 17.4. The molecule has 2 N–H and O–H groups in total. The second-order valence-corrected chi connectivity index (χ2v) is 6.97. The number of hydrogen-bond donors (Lipinski definition) is 1. The second kappa shape index (κ2) is 5.90. The van der Waals surface area contributed by atoms with Gasteiger partial charge in [-0.2, -0.15) is 9.61 Å². The lowest BCUT2D eigenvalue weighted by Gasteiger charge is -2.32. The van der Waals surface area contributed by atoms with Crippen molar-refractivity contribution in [2.45, 2.75) is 18.8 Å². The summed E-state index contributed by atoms with van der Waals surface area (Å²) in [5.41, 5.74) is 7.88. The van der Waals surface area contributed by atoms with Crippen LogP contribution in [0.5, 0.6) is 0 Å². The molecule has 1 aliphatic rings. The van der Waals surface area contributed by atoms with E-state index < -0.39 is 5.82 Å². The summed E-state index contributed by atoms with van der Waals surface area (Å²) in [5, 5.41) is 9.47. The smallest absolute Gasteiger partial charge is 0.223 e. The number of nitrogens with zero attached hydrogens (tertiary/aromatic N) is 7. The molecule has 4 aromatic rings. The van der Waals surface area contributed by atoms with E-state index in [0.29, 0.717) is 16.9 Å². The fraction of sp³-hybridized carbons (Fsp3) is 0.333. The van der Waals surface area contributed by atoms with Gasteiger partial charge in [-0.15, -0.1) is 5.10 Å². The summed E-state index contributed by atoms with van der Waals surface area (Å²) in [5.74, 6) is 0.615. The van der Waals surface area contributed by atoms with Crippen molar-refractivity contribution in [1.82, 2.24) is 29.4 Å². The van der Waals surface area contributed by atoms with E-state index in [1.54, 1.807) is 16.8 Å². The van der Waals surface area contributed by atoms with Crippen molar-refractivity contribution in [3.8, 4) is 0 Å². The molecule has 9 heteroatoms. The first-order valence-corrected chi connectivity index (χ1v) is 8.94. The highest BCUT2D eigenvalue weighted by Crippen LogP contribution is 2.30. The van der Waals surface area contributed by atoms with E-state index in [-0.39, 0.29) is 17.4 Å². The Balaban J connectivity index is 1.56. The third kappa shape index (κ3) is 2.57. The Morgan fingerprint density at radius 3 is 2.96 bits per heavy atom. The van der Waals surface area contributed by atoms with Crippen LogP contribution in [0.3, 0.4) is 0 Å². The maximum Gasteiger partial charge on any atom is 0.223 e. The van der Waals surface area contributed by atoms with Crippen LogP contribution < -0.4 is 10.6 Å². The van der Waals surface area contributed by atoms with E-state index in [1.807, 2.05) is 19.4 Å². The van der Waals surface area contributed by atoms with Crippen LogP contribution in [0.1, 0.15) is 24.6 Å². The van der Waals surface area contributed by atoms with Crippen molar-refractivity contribution in [1.29, 1.82) is 0 Å². The Morgan fingerprint density at radius 1 is 1.26 bits per heavy atom. The SMILES string of the molecule is Cn1cc(N2CCC[C@H](c3nc4c5cccc(F)c5nc(N)n4n3)C2)cn1. The molecule has 0 radical (unpaired) electrons. The highest BCUT2D eigenvalue weighted by Gasteiger charge is 2.26. The summed E-state index contributed by atoms with van der Waals surface area (Å²) in [4.78, 5) is 11.2. The number of benzene rings is 1. The lowest BCUT2D eigenvalue weighted by molar-refractivity contribution is 0.491. The number of rotatable bonds is 2. The Kier molecular flexibility index (Phi) is 3.49. The van der Waals surface area contributed by atoms with Gasteiger partial charge in [0.1, 0.15) is 11.3 Å². The van der Waals surface area contributed by atoms with Crippen LogP contribution in [-0.2, 0) is 7.05 Å². The molecule has 27 heavy (non-hydrogen) atoms. The van der Waals surface area contributed by atoms with E-state index in [1.165, 1.54) is 10.6 Å². The second-order valence-electron chi connectivity index (χ2n) is 6.97. The summed E-state index contributed by atoms with van der Waals surface area (Å²) in [6, 6.07) is 4.81. The molecule has 1 aliphatic heterocycles. The minimum absolute atomic E-state index is 0.140. The molecule has 3 aromatic heterocycles. The van der Waals surface area contributed by atoms with Gasteiger partial charge in [0.05, 0.1) is 11.9 Å². The van der Waals surface area contributed by atoms with Crippen LogP contribution in [-0.4, -0.2) is 42.5 Å². The van der Waals surface area contributed by atoms with Gasteiger partial charge in [-0.05, 0) is 25.0 Å². The van der Waals surface area contributed by atoms with Gasteiger partial charge in [0.2, 0.25) is 5.95 Å². The number of nitrogens with two attached hydrogens (primary N) is 1. The van der Waals surface area contributed by atoms with Crippen molar-refractivity contribution < 1.29 is 4.39 Å². The van der Waals surface area contributed by atoms with E-state index in [4.69, 9.17) is 10.7 Å². The molecule has 0 unspecified atom stereocenters. The van der Waals surface area contributed by atoms with Gasteiger partial charge in [-0.1, -0.05) is 6.07 Å². The molecule has 0 aliphatic carbocycles. The Hall–Kier alpha value is -3.23. The van der Waals surface area contributed by atoms with E-state index in [0.717, 1.165) is 31.6 Å². The Labute approximate surface area is 154 Å². The van der Waals surface area contributed by atoms with Crippen LogP contribution in [0.25, 0.3) is 16.6 Å². The fourth-order valence-electron chi connectivity index (χ4n) is 3.80. The molecule has 0 saturated carbocycles. The molecule has 5 rings (SSSR count). The fourth-order valence-corrected chi connectivity index (χ4v) is 3.80. The van der Waals surface area contributed by atoms with E-state index >= 15 is 0 Å². The number of anilines is 2. The summed E-state index contributed by atoms with van der Waals surface area (Å²) in [6.07, 6.45) is 5.92. The number of nitrogen functional groups attached to an aromatic ring is 1. The van der Waals surface area contributed by atoms with Gasteiger partial charge in [0.15, 0.2) is 11.5 Å². The minimum Gasteiger partial charge on any atom is -0.368 e. The average Bonchev–Trinajstić information content (AvgIpc) is 3.30. The third-order valence-electron chi connectivity index (χ3n) is 5.14. The van der Waals surface area contributed by atoms with Crippen LogP contribution in [0.15, 0.2) is 30.6 Å². The zero-order valence-corrected chi connectivity index (χ0v) is 14.9. The largest absolute Gasteiger partial charge is 0.368 e. The normalized spacial score (nSPS) is 17.9. The lowest BCUT2D eigenvalue weighted by Crippen LogP contribution is -2.34.